The molecule has 11 aromatic carbocycles. The number of rotatable bonds is 6. The second kappa shape index (κ2) is 14.6. The van der Waals surface area contributed by atoms with E-state index < -0.39 is 0 Å². The quantitative estimate of drug-likeness (QED) is 0.148. The van der Waals surface area contributed by atoms with Crippen molar-refractivity contribution >= 4 is 65.2 Å². The van der Waals surface area contributed by atoms with E-state index in [1.54, 1.807) is 0 Å². The Kier molecular flexibility index (Phi) is 8.25. The summed E-state index contributed by atoms with van der Waals surface area (Å²) in [7, 11) is 0. The van der Waals surface area contributed by atoms with Gasteiger partial charge < -0.3 is 9.13 Å². The molecule has 0 fully saturated rings. The van der Waals surface area contributed by atoms with Crippen molar-refractivity contribution in [1.29, 1.82) is 0 Å². The molecule has 0 spiro atoms. The highest BCUT2D eigenvalue weighted by Gasteiger charge is 2.18. The zero-order chi connectivity index (χ0) is 42.1. The van der Waals surface area contributed by atoms with Crippen molar-refractivity contribution in [3.8, 4) is 55.9 Å². The summed E-state index contributed by atoms with van der Waals surface area (Å²) in [6, 6.07) is 88.8. The molecule has 2 aromatic heterocycles. The van der Waals surface area contributed by atoms with Gasteiger partial charge in [0.2, 0.25) is 0 Å². The van der Waals surface area contributed by atoms with Gasteiger partial charge in [-0.15, -0.1) is 0 Å². The van der Waals surface area contributed by atoms with E-state index in [-0.39, 0.29) is 0 Å². The second-order valence-electron chi connectivity index (χ2n) is 16.8. The lowest BCUT2D eigenvalue weighted by atomic mass is 9.85. The highest BCUT2D eigenvalue weighted by molar-refractivity contribution is 6.21. The molecule has 2 heterocycles. The maximum absolute atomic E-state index is 2.37. The molecule has 298 valence electrons. The molecule has 0 aliphatic heterocycles. The molecule has 13 rings (SSSR count). The van der Waals surface area contributed by atoms with E-state index in [1.807, 2.05) is 0 Å². The third kappa shape index (κ3) is 5.66. The number of hydrogen-bond donors (Lipinski definition) is 0. The van der Waals surface area contributed by atoms with E-state index in [4.69, 9.17) is 0 Å². The van der Waals surface area contributed by atoms with Crippen molar-refractivity contribution in [2.24, 2.45) is 0 Å². The van der Waals surface area contributed by atoms with Crippen molar-refractivity contribution in [3.05, 3.63) is 243 Å². The molecular formula is C62H40N2. The van der Waals surface area contributed by atoms with Gasteiger partial charge in [-0.25, -0.2) is 0 Å². The highest BCUT2D eigenvalue weighted by Crippen LogP contribution is 2.44. The first kappa shape index (κ1) is 36.2. The lowest BCUT2D eigenvalue weighted by Gasteiger charge is -2.18. The predicted octanol–water partition coefficient (Wildman–Crippen LogP) is 16.9. The van der Waals surface area contributed by atoms with Crippen molar-refractivity contribution in [2.75, 3.05) is 0 Å². The first-order chi connectivity index (χ1) is 31.8. The zero-order valence-electron chi connectivity index (χ0n) is 35.0. The van der Waals surface area contributed by atoms with Gasteiger partial charge in [0.15, 0.2) is 0 Å². The molecule has 0 atom stereocenters. The second-order valence-corrected chi connectivity index (χ2v) is 16.8. The molecule has 0 bridgehead atoms. The van der Waals surface area contributed by atoms with Gasteiger partial charge in [-0.2, -0.15) is 0 Å². The van der Waals surface area contributed by atoms with Crippen LogP contribution in [0.4, 0.5) is 0 Å². The molecule has 0 unspecified atom stereocenters. The van der Waals surface area contributed by atoms with Crippen LogP contribution in [0.1, 0.15) is 0 Å². The lowest BCUT2D eigenvalue weighted by molar-refractivity contribution is 1.18. The van der Waals surface area contributed by atoms with E-state index in [0.29, 0.717) is 0 Å². The fourth-order valence-electron chi connectivity index (χ4n) is 10.4. The van der Waals surface area contributed by atoms with Crippen molar-refractivity contribution in [3.63, 3.8) is 0 Å². The van der Waals surface area contributed by atoms with E-state index in [9.17, 15) is 0 Å². The summed E-state index contributed by atoms with van der Waals surface area (Å²) in [6.45, 7) is 0. The number of para-hydroxylation sites is 4. The van der Waals surface area contributed by atoms with Gasteiger partial charge in [0, 0.05) is 32.9 Å². The van der Waals surface area contributed by atoms with Crippen LogP contribution in [0.3, 0.4) is 0 Å². The van der Waals surface area contributed by atoms with Crippen LogP contribution in [-0.4, -0.2) is 9.13 Å². The Labute approximate surface area is 371 Å². The summed E-state index contributed by atoms with van der Waals surface area (Å²) in [6.07, 6.45) is 0. The summed E-state index contributed by atoms with van der Waals surface area (Å²) >= 11 is 0. The largest absolute Gasteiger partial charge is 0.309 e. The maximum atomic E-state index is 2.37. The van der Waals surface area contributed by atoms with E-state index >= 15 is 0 Å². The van der Waals surface area contributed by atoms with Crippen LogP contribution in [0.2, 0.25) is 0 Å². The molecule has 2 heteroatoms. The number of hydrogen-bond acceptors (Lipinski definition) is 0. The van der Waals surface area contributed by atoms with Gasteiger partial charge in [-0.05, 0) is 115 Å². The van der Waals surface area contributed by atoms with E-state index in [1.165, 1.54) is 110 Å². The Bertz CT molecular complexity index is 3480. The minimum absolute atomic E-state index is 1.16. The topological polar surface area (TPSA) is 9.86 Å². The first-order valence-electron chi connectivity index (χ1n) is 22.1. The fourth-order valence-corrected chi connectivity index (χ4v) is 10.4. The van der Waals surface area contributed by atoms with E-state index in [2.05, 4.69) is 252 Å². The molecule has 13 aromatic rings. The number of fused-ring (bicyclic) bond motifs is 8. The van der Waals surface area contributed by atoms with Gasteiger partial charge in [0.1, 0.15) is 0 Å². The Morgan fingerprint density at radius 1 is 0.172 bits per heavy atom. The van der Waals surface area contributed by atoms with Gasteiger partial charge >= 0.3 is 0 Å². The van der Waals surface area contributed by atoms with Gasteiger partial charge in [-0.1, -0.05) is 194 Å². The van der Waals surface area contributed by atoms with Crippen LogP contribution in [0, 0.1) is 0 Å². The minimum atomic E-state index is 1.16. The molecule has 0 N–H and O–H groups in total. The molecule has 0 aliphatic rings. The Balaban J connectivity index is 0.835. The summed E-state index contributed by atoms with van der Waals surface area (Å²) < 4.78 is 4.75. The molecule has 0 saturated carbocycles. The van der Waals surface area contributed by atoms with Crippen LogP contribution in [0.15, 0.2) is 243 Å². The van der Waals surface area contributed by atoms with Gasteiger partial charge in [0.05, 0.1) is 22.1 Å². The average molecular weight is 813 g/mol. The van der Waals surface area contributed by atoms with Crippen LogP contribution in [0.25, 0.3) is 121 Å². The summed E-state index contributed by atoms with van der Waals surface area (Å²) in [5, 5.41) is 10.1. The van der Waals surface area contributed by atoms with Crippen LogP contribution >= 0.6 is 0 Å². The van der Waals surface area contributed by atoms with E-state index in [0.717, 1.165) is 11.4 Å². The standard InChI is InChI=1S/C62H40N2/c1-2-18-54-53(17-1)61(45-29-25-41(26-30-45)43-33-37-47(38-34-43)63-57-21-9-5-13-49(57)50-14-6-10-22-58(50)63)55-19-3-4-20-56(55)62(54)46-31-27-42(28-32-46)44-35-39-48(40-36-44)64-59-23-11-7-15-51(59)52-16-8-12-24-60(52)64/h1-40H. The maximum Gasteiger partial charge on any atom is 0.0541 e. The summed E-state index contributed by atoms with van der Waals surface area (Å²) in [5.41, 5.74) is 17.0. The smallest absolute Gasteiger partial charge is 0.0541 e. The first-order valence-corrected chi connectivity index (χ1v) is 22.1. The van der Waals surface area contributed by atoms with Crippen LogP contribution < -0.4 is 0 Å². The van der Waals surface area contributed by atoms with Crippen molar-refractivity contribution < 1.29 is 0 Å². The lowest BCUT2D eigenvalue weighted by Crippen LogP contribution is -1.93. The number of benzene rings is 11. The van der Waals surface area contributed by atoms with Gasteiger partial charge in [-0.3, -0.25) is 0 Å². The highest BCUT2D eigenvalue weighted by atomic mass is 15.0. The SMILES string of the molecule is c1ccc2c(-c3ccc(-c4ccc(-n5c6ccccc6c6ccccc65)cc4)cc3)c3ccccc3c(-c3ccc(-c4ccc(-n5c6ccccc6c6ccccc65)cc4)cc3)c2c1. The monoisotopic (exact) mass is 812 g/mol. The Hall–Kier alpha value is -8.46. The molecule has 0 saturated heterocycles. The van der Waals surface area contributed by atoms with Crippen molar-refractivity contribution in [1.82, 2.24) is 9.13 Å². The van der Waals surface area contributed by atoms with Crippen LogP contribution in [-0.2, 0) is 0 Å². The molecule has 2 nitrogen and oxygen atoms in total. The summed E-state index contributed by atoms with van der Waals surface area (Å²) in [5.74, 6) is 0. The third-order valence-corrected chi connectivity index (χ3v) is 13.4. The third-order valence-electron chi connectivity index (χ3n) is 13.4. The average Bonchev–Trinajstić information content (AvgIpc) is 3.89. The fraction of sp³-hybridized carbons (Fsp3) is 0. The number of nitrogens with zero attached hydrogens (tertiary/aromatic N) is 2. The molecular weight excluding hydrogens is 773 g/mol. The van der Waals surface area contributed by atoms with Crippen LogP contribution in [0.5, 0.6) is 0 Å². The molecule has 0 radical (unpaired) electrons. The number of aromatic nitrogens is 2. The molecule has 0 amide bonds. The Morgan fingerprint density at radius 3 is 0.641 bits per heavy atom. The molecule has 0 aliphatic carbocycles. The molecule has 64 heavy (non-hydrogen) atoms. The minimum Gasteiger partial charge on any atom is -0.309 e. The normalized spacial score (nSPS) is 11.8. The Morgan fingerprint density at radius 2 is 0.375 bits per heavy atom. The summed E-state index contributed by atoms with van der Waals surface area (Å²) in [4.78, 5) is 0. The zero-order valence-corrected chi connectivity index (χ0v) is 35.0. The van der Waals surface area contributed by atoms with Crippen molar-refractivity contribution in [2.45, 2.75) is 0 Å². The predicted molar refractivity (Wildman–Crippen MR) is 272 cm³/mol. The van der Waals surface area contributed by atoms with Gasteiger partial charge in [0.25, 0.3) is 0 Å².